The van der Waals surface area contributed by atoms with Crippen molar-refractivity contribution in [2.75, 3.05) is 5.32 Å². The Kier molecular flexibility index (Phi) is 6.05. The third kappa shape index (κ3) is 4.13. The van der Waals surface area contributed by atoms with E-state index in [2.05, 4.69) is 25.6 Å². The lowest BCUT2D eigenvalue weighted by Gasteiger charge is -2.08. The van der Waals surface area contributed by atoms with Gasteiger partial charge in [-0.3, -0.25) is 14.2 Å². The fraction of sp³-hybridized carbons (Fsp3) is 0.240. The van der Waals surface area contributed by atoms with Gasteiger partial charge in [-0.15, -0.1) is 0 Å². The molecule has 0 saturated heterocycles. The van der Waals surface area contributed by atoms with E-state index in [0.717, 1.165) is 34.8 Å². The lowest BCUT2D eigenvalue weighted by Crippen LogP contribution is -2.14. The normalized spacial score (nSPS) is 11.4. The Balaban J connectivity index is 1.44. The molecule has 0 atom stereocenters. The molecule has 0 saturated carbocycles. The number of benzene rings is 1. The number of anilines is 1. The number of carbonyl (C=O) groups excluding carboxylic acids is 1. The SMILES string of the molecule is CCn1cc(-c2ccnc3c(C(=O)Nc4c(C)nn(Cc5ccc(F)cc5Cl)c4C)cnn23)c(C)n1. The molecule has 11 heteroatoms. The Morgan fingerprint density at radius 3 is 2.67 bits per heavy atom. The van der Waals surface area contributed by atoms with Crippen LogP contribution in [0.3, 0.4) is 0 Å². The fourth-order valence-electron chi connectivity index (χ4n) is 4.21. The first-order valence-electron chi connectivity index (χ1n) is 11.4. The highest BCUT2D eigenvalue weighted by Gasteiger charge is 2.21. The third-order valence-corrected chi connectivity index (χ3v) is 6.50. The van der Waals surface area contributed by atoms with Crippen LogP contribution in [-0.2, 0) is 13.1 Å². The molecule has 0 spiro atoms. The van der Waals surface area contributed by atoms with Gasteiger partial charge in [-0.2, -0.15) is 15.3 Å². The summed E-state index contributed by atoms with van der Waals surface area (Å²) in [5, 5.41) is 16.8. The van der Waals surface area contributed by atoms with E-state index in [1.165, 1.54) is 18.3 Å². The number of halogens is 2. The van der Waals surface area contributed by atoms with Gasteiger partial charge in [-0.05, 0) is 51.5 Å². The first kappa shape index (κ1) is 23.7. The van der Waals surface area contributed by atoms with E-state index in [1.807, 2.05) is 44.6 Å². The number of nitrogens with zero attached hydrogens (tertiary/aromatic N) is 7. The van der Waals surface area contributed by atoms with Gasteiger partial charge in [0.1, 0.15) is 11.4 Å². The van der Waals surface area contributed by atoms with E-state index in [0.29, 0.717) is 34.2 Å². The van der Waals surface area contributed by atoms with Crippen LogP contribution in [0, 0.1) is 26.6 Å². The molecule has 0 bridgehead atoms. The molecule has 0 fully saturated rings. The Morgan fingerprint density at radius 2 is 1.94 bits per heavy atom. The van der Waals surface area contributed by atoms with Crippen LogP contribution < -0.4 is 5.32 Å². The number of fused-ring (bicyclic) bond motifs is 1. The van der Waals surface area contributed by atoms with Gasteiger partial charge in [0, 0.05) is 29.5 Å². The average molecular weight is 507 g/mol. The van der Waals surface area contributed by atoms with Gasteiger partial charge in [0.25, 0.3) is 5.91 Å². The van der Waals surface area contributed by atoms with E-state index in [9.17, 15) is 9.18 Å². The molecule has 0 aliphatic rings. The molecular weight excluding hydrogens is 483 g/mol. The highest BCUT2D eigenvalue weighted by Crippen LogP contribution is 2.26. The maximum absolute atomic E-state index is 13.4. The van der Waals surface area contributed by atoms with Gasteiger partial charge in [0.2, 0.25) is 0 Å². The number of aryl methyl sites for hydroxylation is 3. The van der Waals surface area contributed by atoms with E-state index < -0.39 is 5.82 Å². The highest BCUT2D eigenvalue weighted by atomic mass is 35.5. The molecular formula is C25H24ClFN8O. The summed E-state index contributed by atoms with van der Waals surface area (Å²) < 4.78 is 18.6. The van der Waals surface area contributed by atoms with Gasteiger partial charge in [-0.25, -0.2) is 13.9 Å². The minimum atomic E-state index is -0.399. The zero-order valence-electron chi connectivity index (χ0n) is 20.3. The Labute approximate surface area is 211 Å². The third-order valence-electron chi connectivity index (χ3n) is 6.15. The van der Waals surface area contributed by atoms with Gasteiger partial charge in [0.05, 0.1) is 41.2 Å². The van der Waals surface area contributed by atoms with Crippen LogP contribution in [0.5, 0.6) is 0 Å². The average Bonchev–Trinajstić information content (AvgIpc) is 3.52. The van der Waals surface area contributed by atoms with Crippen molar-refractivity contribution in [1.82, 2.24) is 34.2 Å². The van der Waals surface area contributed by atoms with Gasteiger partial charge >= 0.3 is 0 Å². The summed E-state index contributed by atoms with van der Waals surface area (Å²) in [5.74, 6) is -0.745. The topological polar surface area (TPSA) is 94.9 Å². The molecule has 1 N–H and O–H groups in total. The zero-order chi connectivity index (χ0) is 25.6. The number of amides is 1. The monoisotopic (exact) mass is 506 g/mol. The number of rotatable bonds is 6. The molecule has 36 heavy (non-hydrogen) atoms. The van der Waals surface area contributed by atoms with Crippen molar-refractivity contribution in [3.8, 4) is 11.3 Å². The zero-order valence-corrected chi connectivity index (χ0v) is 21.0. The van der Waals surface area contributed by atoms with Crippen LogP contribution >= 0.6 is 11.6 Å². The first-order valence-corrected chi connectivity index (χ1v) is 11.8. The van der Waals surface area contributed by atoms with Crippen molar-refractivity contribution in [2.24, 2.45) is 0 Å². The number of nitrogens with one attached hydrogen (secondary N) is 1. The Bertz CT molecular complexity index is 1620. The van der Waals surface area contributed by atoms with E-state index in [-0.39, 0.29) is 5.91 Å². The Morgan fingerprint density at radius 1 is 1.14 bits per heavy atom. The lowest BCUT2D eigenvalue weighted by molar-refractivity contribution is 0.102. The number of hydrogen-bond acceptors (Lipinski definition) is 5. The largest absolute Gasteiger partial charge is 0.319 e. The second-order valence-corrected chi connectivity index (χ2v) is 8.91. The fourth-order valence-corrected chi connectivity index (χ4v) is 4.44. The highest BCUT2D eigenvalue weighted by molar-refractivity contribution is 6.31. The van der Waals surface area contributed by atoms with Gasteiger partial charge < -0.3 is 5.32 Å². The van der Waals surface area contributed by atoms with Gasteiger partial charge in [-0.1, -0.05) is 17.7 Å². The molecule has 0 aliphatic carbocycles. The summed E-state index contributed by atoms with van der Waals surface area (Å²) in [5.41, 5.74) is 6.07. The number of aromatic nitrogens is 7. The standard InChI is InChI=1S/C25H24ClFN8O/c1-5-33-13-20(14(2)31-33)22-8-9-28-24-19(11-29-35(22)24)25(36)30-23-15(3)32-34(16(23)4)12-17-6-7-18(27)10-21(17)26/h6-11,13H,5,12H2,1-4H3,(H,30,36). The van der Waals surface area contributed by atoms with Crippen molar-refractivity contribution in [2.45, 2.75) is 40.8 Å². The predicted octanol–water partition coefficient (Wildman–Crippen LogP) is 4.83. The smallest absolute Gasteiger partial charge is 0.261 e. The molecule has 5 aromatic rings. The maximum Gasteiger partial charge on any atom is 0.261 e. The molecule has 1 aromatic carbocycles. The van der Waals surface area contributed by atoms with E-state index >= 15 is 0 Å². The predicted molar refractivity (Wildman–Crippen MR) is 135 cm³/mol. The number of carbonyl (C=O) groups is 1. The molecule has 184 valence electrons. The van der Waals surface area contributed by atoms with Gasteiger partial charge in [0.15, 0.2) is 5.65 Å². The maximum atomic E-state index is 13.4. The second-order valence-electron chi connectivity index (χ2n) is 8.50. The number of hydrogen-bond donors (Lipinski definition) is 1. The molecule has 1 amide bonds. The van der Waals surface area contributed by atoms with Crippen molar-refractivity contribution in [3.05, 3.63) is 81.9 Å². The van der Waals surface area contributed by atoms with Crippen LogP contribution in [0.4, 0.5) is 10.1 Å². The van der Waals surface area contributed by atoms with E-state index in [1.54, 1.807) is 21.5 Å². The van der Waals surface area contributed by atoms with Crippen molar-refractivity contribution in [3.63, 3.8) is 0 Å². The van der Waals surface area contributed by atoms with Crippen LogP contribution in [-0.4, -0.2) is 40.1 Å². The minimum Gasteiger partial charge on any atom is -0.319 e. The van der Waals surface area contributed by atoms with Crippen LogP contribution in [0.25, 0.3) is 16.9 Å². The molecule has 5 rings (SSSR count). The van der Waals surface area contributed by atoms with Crippen molar-refractivity contribution in [1.29, 1.82) is 0 Å². The first-order chi connectivity index (χ1) is 17.3. The summed E-state index contributed by atoms with van der Waals surface area (Å²) in [4.78, 5) is 17.7. The van der Waals surface area contributed by atoms with Crippen LogP contribution in [0.2, 0.25) is 5.02 Å². The molecule has 0 aliphatic heterocycles. The molecule has 0 unspecified atom stereocenters. The van der Waals surface area contributed by atoms with Crippen LogP contribution in [0.15, 0.2) is 42.9 Å². The summed E-state index contributed by atoms with van der Waals surface area (Å²) >= 11 is 6.19. The summed E-state index contributed by atoms with van der Waals surface area (Å²) in [6.45, 7) is 8.72. The molecule has 0 radical (unpaired) electrons. The van der Waals surface area contributed by atoms with Crippen LogP contribution in [0.1, 0.15) is 39.9 Å². The summed E-state index contributed by atoms with van der Waals surface area (Å²) in [7, 11) is 0. The molecule has 4 aromatic heterocycles. The quantitative estimate of drug-likeness (QED) is 0.356. The Hall–Kier alpha value is -4.05. The second kappa shape index (κ2) is 9.19. The summed E-state index contributed by atoms with van der Waals surface area (Å²) in [6.07, 6.45) is 5.13. The molecule has 4 heterocycles. The molecule has 9 nitrogen and oxygen atoms in total. The summed E-state index contributed by atoms with van der Waals surface area (Å²) in [6, 6.07) is 6.11. The van der Waals surface area contributed by atoms with Crippen molar-refractivity contribution >= 4 is 28.8 Å². The van der Waals surface area contributed by atoms with Crippen molar-refractivity contribution < 1.29 is 9.18 Å². The lowest BCUT2D eigenvalue weighted by atomic mass is 10.2. The minimum absolute atomic E-state index is 0.320. The van der Waals surface area contributed by atoms with E-state index in [4.69, 9.17) is 11.6 Å².